The molecule has 3 aromatic rings. The summed E-state index contributed by atoms with van der Waals surface area (Å²) in [6.07, 6.45) is 12.0. The van der Waals surface area contributed by atoms with Crippen molar-refractivity contribution < 1.29 is 5.11 Å². The summed E-state index contributed by atoms with van der Waals surface area (Å²) in [7, 11) is 0. The lowest BCUT2D eigenvalue weighted by Gasteiger charge is -2.23. The summed E-state index contributed by atoms with van der Waals surface area (Å²) in [5, 5.41) is 19.3. The van der Waals surface area contributed by atoms with E-state index in [1.165, 1.54) is 34.9 Å². The van der Waals surface area contributed by atoms with E-state index in [0.29, 0.717) is 12.2 Å². The van der Waals surface area contributed by atoms with Gasteiger partial charge in [0.15, 0.2) is 0 Å². The van der Waals surface area contributed by atoms with Crippen molar-refractivity contribution in [3.8, 4) is 0 Å². The van der Waals surface area contributed by atoms with Crippen molar-refractivity contribution in [2.45, 2.75) is 38.5 Å². The van der Waals surface area contributed by atoms with Gasteiger partial charge in [0.05, 0.1) is 28.7 Å². The standard InChI is InChI=1S/C20H19N3O/c24-13-7-5-12(6-8-13)19-15-4-2-1-3-14(15)16-9-10-18-17(11-21-23-18)20(16)22-19/h5,7,9-11,24H,1-4,6,8H2,(H,21,23). The molecule has 0 saturated heterocycles. The van der Waals surface area contributed by atoms with Gasteiger partial charge < -0.3 is 5.11 Å². The van der Waals surface area contributed by atoms with Gasteiger partial charge in [0.25, 0.3) is 0 Å². The largest absolute Gasteiger partial charge is 0.512 e. The molecule has 0 unspecified atom stereocenters. The number of hydrogen-bond donors (Lipinski definition) is 2. The molecule has 0 fully saturated rings. The highest BCUT2D eigenvalue weighted by Crippen LogP contribution is 2.37. The fourth-order valence-electron chi connectivity index (χ4n) is 4.10. The van der Waals surface area contributed by atoms with E-state index in [1.807, 2.05) is 18.3 Å². The number of rotatable bonds is 1. The Morgan fingerprint density at radius 1 is 0.917 bits per heavy atom. The second kappa shape index (κ2) is 5.20. The predicted octanol–water partition coefficient (Wildman–Crippen LogP) is 4.61. The van der Waals surface area contributed by atoms with E-state index >= 15 is 0 Å². The van der Waals surface area contributed by atoms with Crippen LogP contribution in [0.25, 0.3) is 27.4 Å². The van der Waals surface area contributed by atoms with Crippen LogP contribution in [0.5, 0.6) is 0 Å². The Labute approximate surface area is 139 Å². The molecule has 0 amide bonds. The van der Waals surface area contributed by atoms with Crippen LogP contribution in [0.3, 0.4) is 0 Å². The second-order valence-electron chi connectivity index (χ2n) is 6.77. The van der Waals surface area contributed by atoms with Crippen molar-refractivity contribution >= 4 is 27.4 Å². The smallest absolute Gasteiger partial charge is 0.0926 e. The van der Waals surface area contributed by atoms with Gasteiger partial charge in [-0.15, -0.1) is 0 Å². The molecular weight excluding hydrogens is 298 g/mol. The highest BCUT2D eigenvalue weighted by molar-refractivity contribution is 6.05. The van der Waals surface area contributed by atoms with Crippen LogP contribution in [0.15, 0.2) is 36.2 Å². The van der Waals surface area contributed by atoms with Gasteiger partial charge in [0.2, 0.25) is 0 Å². The fourth-order valence-corrected chi connectivity index (χ4v) is 4.10. The fraction of sp³-hybridized carbons (Fsp3) is 0.300. The van der Waals surface area contributed by atoms with Crippen LogP contribution in [0.4, 0.5) is 0 Å². The maximum Gasteiger partial charge on any atom is 0.0926 e. The molecule has 5 rings (SSSR count). The zero-order chi connectivity index (χ0) is 16.1. The first kappa shape index (κ1) is 13.8. The van der Waals surface area contributed by atoms with E-state index in [0.717, 1.165) is 41.4 Å². The Bertz CT molecular complexity index is 1030. The molecule has 0 atom stereocenters. The van der Waals surface area contributed by atoms with Crippen molar-refractivity contribution in [3.05, 3.63) is 53.1 Å². The predicted molar refractivity (Wildman–Crippen MR) is 96.0 cm³/mol. The number of aliphatic hydroxyl groups is 1. The minimum Gasteiger partial charge on any atom is -0.512 e. The third-order valence-electron chi connectivity index (χ3n) is 5.33. The number of fused-ring (bicyclic) bond motifs is 5. The summed E-state index contributed by atoms with van der Waals surface area (Å²) in [5.41, 5.74) is 7.34. The first-order chi connectivity index (χ1) is 11.8. The van der Waals surface area contributed by atoms with E-state index in [2.05, 4.69) is 22.3 Å². The van der Waals surface area contributed by atoms with Gasteiger partial charge in [0, 0.05) is 17.2 Å². The zero-order valence-corrected chi connectivity index (χ0v) is 13.5. The Morgan fingerprint density at radius 3 is 2.62 bits per heavy atom. The summed E-state index contributed by atoms with van der Waals surface area (Å²) < 4.78 is 0. The van der Waals surface area contributed by atoms with E-state index in [4.69, 9.17) is 4.98 Å². The number of aromatic nitrogens is 3. The average Bonchev–Trinajstić information content (AvgIpc) is 3.11. The molecule has 0 bridgehead atoms. The summed E-state index contributed by atoms with van der Waals surface area (Å²) in [6, 6.07) is 4.30. The molecule has 2 N–H and O–H groups in total. The lowest BCUT2D eigenvalue weighted by Crippen LogP contribution is -2.10. The van der Waals surface area contributed by atoms with Crippen LogP contribution < -0.4 is 0 Å². The minimum absolute atomic E-state index is 0.464. The van der Waals surface area contributed by atoms with Gasteiger partial charge in [0.1, 0.15) is 0 Å². The van der Waals surface area contributed by atoms with Crippen LogP contribution in [0.1, 0.15) is 42.5 Å². The third-order valence-corrected chi connectivity index (χ3v) is 5.33. The van der Waals surface area contributed by atoms with Gasteiger partial charge >= 0.3 is 0 Å². The summed E-state index contributed by atoms with van der Waals surface area (Å²) >= 11 is 0. The topological polar surface area (TPSA) is 61.8 Å². The lowest BCUT2D eigenvalue weighted by molar-refractivity contribution is 0.388. The van der Waals surface area contributed by atoms with Gasteiger partial charge in [-0.1, -0.05) is 12.1 Å². The number of hydrogen-bond acceptors (Lipinski definition) is 3. The number of nitrogens with zero attached hydrogens (tertiary/aromatic N) is 2. The normalized spacial score (nSPS) is 17.7. The molecule has 1 aromatic carbocycles. The number of nitrogens with one attached hydrogen (secondary N) is 1. The van der Waals surface area contributed by atoms with Crippen molar-refractivity contribution in [1.29, 1.82) is 0 Å². The molecule has 24 heavy (non-hydrogen) atoms. The van der Waals surface area contributed by atoms with Crippen LogP contribution in [0, 0.1) is 0 Å². The number of pyridine rings is 1. The third kappa shape index (κ3) is 1.99. The Morgan fingerprint density at radius 2 is 1.79 bits per heavy atom. The molecule has 2 aromatic heterocycles. The molecule has 120 valence electrons. The summed E-state index contributed by atoms with van der Waals surface area (Å²) in [5.74, 6) is 0.464. The molecule has 4 nitrogen and oxygen atoms in total. The van der Waals surface area contributed by atoms with Crippen molar-refractivity contribution in [2.75, 3.05) is 0 Å². The molecule has 2 heterocycles. The minimum atomic E-state index is 0.464. The van der Waals surface area contributed by atoms with E-state index in [1.54, 1.807) is 0 Å². The quantitative estimate of drug-likeness (QED) is 0.689. The van der Waals surface area contributed by atoms with Gasteiger partial charge in [-0.05, 0) is 60.9 Å². The van der Waals surface area contributed by atoms with E-state index in [9.17, 15) is 5.11 Å². The molecule has 0 spiro atoms. The first-order valence-electron chi connectivity index (χ1n) is 8.68. The molecular formula is C20H19N3O. The highest BCUT2D eigenvalue weighted by atomic mass is 16.3. The lowest BCUT2D eigenvalue weighted by atomic mass is 9.84. The molecule has 2 aliphatic rings. The maximum atomic E-state index is 9.68. The summed E-state index contributed by atoms with van der Waals surface area (Å²) in [6.45, 7) is 0. The van der Waals surface area contributed by atoms with Crippen LogP contribution in [-0.2, 0) is 12.8 Å². The Hall–Kier alpha value is -2.62. The molecule has 2 aliphatic carbocycles. The van der Waals surface area contributed by atoms with Crippen LogP contribution >= 0.6 is 0 Å². The van der Waals surface area contributed by atoms with Crippen LogP contribution in [0.2, 0.25) is 0 Å². The first-order valence-corrected chi connectivity index (χ1v) is 8.68. The number of aryl methyl sites for hydroxylation is 1. The van der Waals surface area contributed by atoms with Crippen LogP contribution in [-0.4, -0.2) is 20.3 Å². The Balaban J connectivity index is 1.85. The van der Waals surface area contributed by atoms with Gasteiger partial charge in [-0.2, -0.15) is 5.10 Å². The second-order valence-corrected chi connectivity index (χ2v) is 6.77. The van der Waals surface area contributed by atoms with Gasteiger partial charge in [-0.25, -0.2) is 4.98 Å². The van der Waals surface area contributed by atoms with Crippen molar-refractivity contribution in [2.24, 2.45) is 0 Å². The highest BCUT2D eigenvalue weighted by Gasteiger charge is 2.22. The monoisotopic (exact) mass is 317 g/mol. The van der Waals surface area contributed by atoms with Gasteiger partial charge in [-0.3, -0.25) is 5.10 Å². The molecule has 0 saturated carbocycles. The van der Waals surface area contributed by atoms with Crippen molar-refractivity contribution in [3.63, 3.8) is 0 Å². The number of H-pyrrole nitrogens is 1. The number of benzene rings is 1. The summed E-state index contributed by atoms with van der Waals surface area (Å²) in [4.78, 5) is 5.10. The Kier molecular flexibility index (Phi) is 2.98. The zero-order valence-electron chi connectivity index (χ0n) is 13.5. The van der Waals surface area contributed by atoms with E-state index < -0.39 is 0 Å². The van der Waals surface area contributed by atoms with Crippen molar-refractivity contribution in [1.82, 2.24) is 15.2 Å². The maximum absolute atomic E-state index is 9.68. The molecule has 0 aliphatic heterocycles. The molecule has 0 radical (unpaired) electrons. The number of allylic oxidation sites excluding steroid dienone is 4. The van der Waals surface area contributed by atoms with E-state index in [-0.39, 0.29) is 0 Å². The SMILES string of the molecule is OC1=CC=C(c2nc3c(ccc4[nH]ncc43)c3c2CCCC3)CC1. The number of aliphatic hydroxyl groups excluding tert-OH is 1. The average molecular weight is 317 g/mol. The molecule has 4 heteroatoms. The number of aromatic amines is 1.